The minimum Gasteiger partial charge on any atom is -0.454 e. The first-order valence-corrected chi connectivity index (χ1v) is 27.1. The molecule has 1 N–H and O–H groups in total. The van der Waals surface area contributed by atoms with Crippen molar-refractivity contribution < 1.29 is 8.83 Å². The summed E-state index contributed by atoms with van der Waals surface area (Å²) in [7, 11) is 0. The first-order valence-electron chi connectivity index (χ1n) is 27.1. The van der Waals surface area contributed by atoms with Gasteiger partial charge in [-0.15, -0.1) is 0 Å². The fourth-order valence-electron chi connectivity index (χ4n) is 13.7. The van der Waals surface area contributed by atoms with Crippen molar-refractivity contribution in [3.05, 3.63) is 295 Å². The molecule has 15 aromatic rings. The summed E-state index contributed by atoms with van der Waals surface area (Å²) in [5.41, 5.74) is 22.9. The molecule has 0 saturated heterocycles. The second-order valence-corrected chi connectivity index (χ2v) is 21.2. The van der Waals surface area contributed by atoms with Crippen LogP contribution in [0.1, 0.15) is 22.3 Å². The van der Waals surface area contributed by atoms with Crippen molar-refractivity contribution in [3.8, 4) is 44.5 Å². The van der Waals surface area contributed by atoms with Gasteiger partial charge in [-0.2, -0.15) is 0 Å². The SMILES string of the molecule is c1ccc(N(c2cccc(-c3cc4c(c5ccccc35)-c3cc5ccc(-c6cccc(Nc7cccc8c7oc7ccccc78)c6)cc5cc3C43c4ccccc4-c4ccccc43)c2)c2cccc3c2oc2ccccc23)cc1. The van der Waals surface area contributed by atoms with Crippen molar-refractivity contribution in [2.24, 2.45) is 0 Å². The predicted octanol–water partition coefficient (Wildman–Crippen LogP) is 20.7. The molecule has 0 saturated carbocycles. The molecule has 0 radical (unpaired) electrons. The van der Waals surface area contributed by atoms with Gasteiger partial charge in [0.2, 0.25) is 0 Å². The fourth-order valence-corrected chi connectivity index (χ4v) is 13.7. The number of fused-ring (bicyclic) bond motifs is 19. The van der Waals surface area contributed by atoms with E-state index in [1.54, 1.807) is 0 Å². The molecule has 17 rings (SSSR count). The number of para-hydroxylation sites is 5. The zero-order chi connectivity index (χ0) is 51.8. The first-order chi connectivity index (χ1) is 39.2. The van der Waals surface area contributed by atoms with Crippen LogP contribution in [0.3, 0.4) is 0 Å². The second-order valence-electron chi connectivity index (χ2n) is 21.2. The number of anilines is 5. The predicted molar refractivity (Wildman–Crippen MR) is 328 cm³/mol. The van der Waals surface area contributed by atoms with Crippen molar-refractivity contribution in [1.82, 2.24) is 0 Å². The lowest BCUT2D eigenvalue weighted by Crippen LogP contribution is -2.26. The highest BCUT2D eigenvalue weighted by Crippen LogP contribution is 2.65. The average molecular weight is 1010 g/mol. The average Bonchev–Trinajstić information content (AvgIpc) is 2.84. The van der Waals surface area contributed by atoms with Gasteiger partial charge in [0.05, 0.1) is 16.8 Å². The van der Waals surface area contributed by atoms with E-state index in [4.69, 9.17) is 8.83 Å². The maximum Gasteiger partial charge on any atom is 0.159 e. The van der Waals surface area contributed by atoms with Crippen LogP contribution >= 0.6 is 0 Å². The van der Waals surface area contributed by atoms with Gasteiger partial charge in [-0.1, -0.05) is 188 Å². The normalized spacial score (nSPS) is 12.9. The molecule has 13 aromatic carbocycles. The first kappa shape index (κ1) is 43.8. The van der Waals surface area contributed by atoms with E-state index in [0.29, 0.717) is 0 Å². The number of nitrogens with one attached hydrogen (secondary N) is 1. The molecule has 0 unspecified atom stereocenters. The standard InChI is InChI=1S/C75H46N2O2/c1-2-21-52(22-3-1)77(69-35-17-31-61-58-28-9-13-37-71(58)79-74(61)69)53-23-15-19-49(42-53)62-45-67-72(59-29-5-4-24-54(59)62)63-43-48-39-38-47(40-50(48)44-66(63)75(67)64-32-10-6-25-55(64)56-26-7-11-33-65(56)75)46-18-14-20-51(41-46)76-68-34-16-30-60-57-27-8-12-36-70(57)78-73(60)68/h1-45,76H. The summed E-state index contributed by atoms with van der Waals surface area (Å²) in [6.07, 6.45) is 0. The van der Waals surface area contributed by atoms with E-state index >= 15 is 0 Å². The fraction of sp³-hybridized carbons (Fsp3) is 0.0133. The van der Waals surface area contributed by atoms with Crippen LogP contribution in [0, 0.1) is 0 Å². The summed E-state index contributed by atoms with van der Waals surface area (Å²) in [5, 5.41) is 13.0. The summed E-state index contributed by atoms with van der Waals surface area (Å²) in [4.78, 5) is 2.35. The van der Waals surface area contributed by atoms with Gasteiger partial charge in [-0.25, -0.2) is 0 Å². The van der Waals surface area contributed by atoms with Gasteiger partial charge in [-0.05, 0) is 173 Å². The summed E-state index contributed by atoms with van der Waals surface area (Å²) >= 11 is 0. The van der Waals surface area contributed by atoms with Gasteiger partial charge >= 0.3 is 0 Å². The van der Waals surface area contributed by atoms with Crippen molar-refractivity contribution in [2.75, 3.05) is 10.2 Å². The molecule has 4 heteroatoms. The largest absolute Gasteiger partial charge is 0.454 e. The third kappa shape index (κ3) is 6.37. The van der Waals surface area contributed by atoms with E-state index in [2.05, 4.69) is 265 Å². The summed E-state index contributed by atoms with van der Waals surface area (Å²) in [5.74, 6) is 0. The number of benzene rings is 13. The number of rotatable bonds is 7. The molecule has 368 valence electrons. The minimum absolute atomic E-state index is 0.590. The molecule has 2 aliphatic carbocycles. The molecule has 79 heavy (non-hydrogen) atoms. The Morgan fingerprint density at radius 1 is 0.316 bits per heavy atom. The Balaban J connectivity index is 0.846. The Morgan fingerprint density at radius 2 is 0.911 bits per heavy atom. The monoisotopic (exact) mass is 1010 g/mol. The van der Waals surface area contributed by atoms with E-state index in [-0.39, 0.29) is 0 Å². The summed E-state index contributed by atoms with van der Waals surface area (Å²) in [6, 6.07) is 99.7. The third-order valence-corrected chi connectivity index (χ3v) is 17.0. The highest BCUT2D eigenvalue weighted by atomic mass is 16.3. The third-order valence-electron chi connectivity index (χ3n) is 17.0. The maximum absolute atomic E-state index is 6.73. The van der Waals surface area contributed by atoms with Gasteiger partial charge in [0, 0.05) is 38.6 Å². The topological polar surface area (TPSA) is 41.5 Å². The van der Waals surface area contributed by atoms with Crippen LogP contribution in [-0.4, -0.2) is 0 Å². The Hall–Kier alpha value is -10.4. The van der Waals surface area contributed by atoms with Crippen LogP contribution in [0.15, 0.2) is 282 Å². The quantitative estimate of drug-likeness (QED) is 0.173. The van der Waals surface area contributed by atoms with Gasteiger partial charge < -0.3 is 19.1 Å². The van der Waals surface area contributed by atoms with Gasteiger partial charge in [0.1, 0.15) is 11.2 Å². The van der Waals surface area contributed by atoms with Crippen LogP contribution in [-0.2, 0) is 5.41 Å². The molecule has 1 spiro atoms. The Labute approximate surface area is 455 Å². The molecule has 0 atom stereocenters. The van der Waals surface area contributed by atoms with Crippen LogP contribution in [0.4, 0.5) is 28.4 Å². The lowest BCUT2D eigenvalue weighted by Gasteiger charge is -2.31. The lowest BCUT2D eigenvalue weighted by molar-refractivity contribution is 0.669. The molecule has 4 nitrogen and oxygen atoms in total. The van der Waals surface area contributed by atoms with Gasteiger partial charge in [0.25, 0.3) is 0 Å². The number of hydrogen-bond acceptors (Lipinski definition) is 4. The van der Waals surface area contributed by atoms with Crippen molar-refractivity contribution in [1.29, 1.82) is 0 Å². The molecular formula is C75H46N2O2. The number of furan rings is 2. The van der Waals surface area contributed by atoms with E-state index < -0.39 is 5.41 Å². The Morgan fingerprint density at radius 3 is 1.70 bits per heavy atom. The molecular weight excluding hydrogens is 961 g/mol. The highest BCUT2D eigenvalue weighted by Gasteiger charge is 2.52. The molecule has 0 fully saturated rings. The molecule has 2 heterocycles. The number of nitrogens with zero attached hydrogens (tertiary/aromatic N) is 1. The van der Waals surface area contributed by atoms with Gasteiger partial charge in [-0.3, -0.25) is 0 Å². The zero-order valence-electron chi connectivity index (χ0n) is 42.7. The second kappa shape index (κ2) is 16.8. The lowest BCUT2D eigenvalue weighted by atomic mass is 9.69. The van der Waals surface area contributed by atoms with Gasteiger partial charge in [0.15, 0.2) is 11.2 Å². The van der Waals surface area contributed by atoms with Crippen LogP contribution < -0.4 is 10.2 Å². The maximum atomic E-state index is 6.73. The van der Waals surface area contributed by atoms with E-state index in [1.165, 1.54) is 71.6 Å². The van der Waals surface area contributed by atoms with Crippen molar-refractivity contribution in [2.45, 2.75) is 5.41 Å². The summed E-state index contributed by atoms with van der Waals surface area (Å²) in [6.45, 7) is 0. The molecule has 0 bridgehead atoms. The molecule has 0 amide bonds. The van der Waals surface area contributed by atoms with Crippen LogP contribution in [0.5, 0.6) is 0 Å². The van der Waals surface area contributed by atoms with Crippen molar-refractivity contribution >= 4 is 93.9 Å². The van der Waals surface area contributed by atoms with E-state index in [1.807, 2.05) is 18.2 Å². The molecule has 0 aliphatic heterocycles. The van der Waals surface area contributed by atoms with E-state index in [0.717, 1.165) is 89.0 Å². The molecule has 2 aliphatic rings. The van der Waals surface area contributed by atoms with Crippen LogP contribution in [0.2, 0.25) is 0 Å². The minimum atomic E-state index is -0.590. The Bertz CT molecular complexity index is 4980. The molecule has 2 aromatic heterocycles. The zero-order valence-corrected chi connectivity index (χ0v) is 42.7. The van der Waals surface area contributed by atoms with Crippen molar-refractivity contribution in [3.63, 3.8) is 0 Å². The van der Waals surface area contributed by atoms with E-state index in [9.17, 15) is 0 Å². The summed E-state index contributed by atoms with van der Waals surface area (Å²) < 4.78 is 13.1. The smallest absolute Gasteiger partial charge is 0.159 e. The number of hydrogen-bond donors (Lipinski definition) is 1. The Kier molecular flexibility index (Phi) is 9.30. The highest BCUT2D eigenvalue weighted by molar-refractivity contribution is 6.14. The van der Waals surface area contributed by atoms with Crippen LogP contribution in [0.25, 0.3) is 110 Å².